The maximum absolute atomic E-state index is 12.5. The number of ether oxygens (including phenoxy) is 1. The van der Waals surface area contributed by atoms with Crippen molar-refractivity contribution in [2.24, 2.45) is 17.3 Å². The van der Waals surface area contributed by atoms with Crippen molar-refractivity contribution in [3.05, 3.63) is 0 Å². The van der Waals surface area contributed by atoms with Crippen LogP contribution in [0.25, 0.3) is 0 Å². The van der Waals surface area contributed by atoms with Gasteiger partial charge in [0.25, 0.3) is 0 Å². The number of nitrogens with one attached hydrogen (secondary N) is 1. The molecule has 5 nitrogen and oxygen atoms in total. The molecule has 132 valence electrons. The van der Waals surface area contributed by atoms with E-state index >= 15 is 0 Å². The van der Waals surface area contributed by atoms with Crippen molar-refractivity contribution in [3.8, 4) is 0 Å². The summed E-state index contributed by atoms with van der Waals surface area (Å²) in [4.78, 5) is 23.6. The van der Waals surface area contributed by atoms with E-state index in [4.69, 9.17) is 9.84 Å². The van der Waals surface area contributed by atoms with E-state index < -0.39 is 5.97 Å². The number of methoxy groups -OCH3 is 1. The molecule has 2 N–H and O–H groups in total. The molecule has 0 aromatic carbocycles. The van der Waals surface area contributed by atoms with Crippen molar-refractivity contribution in [1.82, 2.24) is 5.32 Å². The molecule has 2 rings (SSSR count). The minimum Gasteiger partial charge on any atom is -0.481 e. The molecule has 0 aromatic rings. The van der Waals surface area contributed by atoms with E-state index in [-0.39, 0.29) is 23.2 Å². The van der Waals surface area contributed by atoms with E-state index in [1.807, 2.05) is 0 Å². The van der Waals surface area contributed by atoms with Gasteiger partial charge in [-0.15, -0.1) is 0 Å². The number of carboxylic acids is 1. The molecule has 2 atom stereocenters. The highest BCUT2D eigenvalue weighted by molar-refractivity contribution is 5.80. The smallest absolute Gasteiger partial charge is 0.306 e. The van der Waals surface area contributed by atoms with Crippen LogP contribution < -0.4 is 5.32 Å². The molecule has 0 heterocycles. The Morgan fingerprint density at radius 2 is 1.83 bits per heavy atom. The topological polar surface area (TPSA) is 75.6 Å². The fourth-order valence-corrected chi connectivity index (χ4v) is 4.21. The normalized spacial score (nSPS) is 27.3. The molecule has 0 bridgehead atoms. The van der Waals surface area contributed by atoms with E-state index in [1.54, 1.807) is 7.11 Å². The van der Waals surface area contributed by atoms with Crippen LogP contribution in [0.1, 0.15) is 64.2 Å². The lowest BCUT2D eigenvalue weighted by molar-refractivity contribution is -0.144. The quantitative estimate of drug-likeness (QED) is 0.754. The third kappa shape index (κ3) is 5.20. The first-order valence-electron chi connectivity index (χ1n) is 9.06. The second-order valence-corrected chi connectivity index (χ2v) is 7.42. The summed E-state index contributed by atoms with van der Waals surface area (Å²) in [6, 6.07) is 0. The van der Waals surface area contributed by atoms with Gasteiger partial charge in [0, 0.05) is 26.2 Å². The summed E-state index contributed by atoms with van der Waals surface area (Å²) in [5, 5.41) is 12.3. The Morgan fingerprint density at radius 1 is 1.13 bits per heavy atom. The van der Waals surface area contributed by atoms with Gasteiger partial charge in [0.1, 0.15) is 0 Å². The highest BCUT2D eigenvalue weighted by atomic mass is 16.5. The first-order chi connectivity index (χ1) is 11.1. The number of aliphatic carboxylic acids is 1. The van der Waals surface area contributed by atoms with Gasteiger partial charge in [-0.25, -0.2) is 0 Å². The Morgan fingerprint density at radius 3 is 2.48 bits per heavy atom. The number of carboxylic acid groups (broad SMARTS) is 1. The molecule has 2 fully saturated rings. The Labute approximate surface area is 139 Å². The fourth-order valence-electron chi connectivity index (χ4n) is 4.21. The molecule has 2 aliphatic carbocycles. The summed E-state index contributed by atoms with van der Waals surface area (Å²) in [7, 11) is 1.73. The number of carbonyl (C=O) groups is 2. The van der Waals surface area contributed by atoms with Crippen LogP contribution >= 0.6 is 0 Å². The van der Waals surface area contributed by atoms with Crippen molar-refractivity contribution in [2.45, 2.75) is 64.2 Å². The SMILES string of the molecule is COCCC1(CNC(=O)C2CCCC(C(=O)O)C2)CCCCC1. The molecule has 2 aliphatic rings. The lowest BCUT2D eigenvalue weighted by Gasteiger charge is -2.38. The molecular weight excluding hydrogens is 294 g/mol. The molecule has 0 radical (unpaired) electrons. The van der Waals surface area contributed by atoms with Crippen molar-refractivity contribution in [2.75, 3.05) is 20.3 Å². The van der Waals surface area contributed by atoms with E-state index in [2.05, 4.69) is 5.32 Å². The van der Waals surface area contributed by atoms with Gasteiger partial charge in [-0.2, -0.15) is 0 Å². The zero-order valence-electron chi connectivity index (χ0n) is 14.3. The summed E-state index contributed by atoms with van der Waals surface area (Å²) in [6.45, 7) is 1.45. The van der Waals surface area contributed by atoms with E-state index in [0.717, 1.165) is 38.7 Å². The summed E-state index contributed by atoms with van der Waals surface area (Å²) in [6.07, 6.45) is 9.89. The number of carbonyl (C=O) groups excluding carboxylic acids is 1. The molecule has 23 heavy (non-hydrogen) atoms. The standard InChI is InChI=1S/C18H31NO4/c1-23-11-10-18(8-3-2-4-9-18)13-19-16(20)14-6-5-7-15(12-14)17(21)22/h14-15H,2-13H2,1H3,(H,19,20)(H,21,22). The lowest BCUT2D eigenvalue weighted by Crippen LogP contribution is -2.43. The van der Waals surface area contributed by atoms with E-state index in [0.29, 0.717) is 19.4 Å². The Bertz CT molecular complexity index is 404. The molecule has 5 heteroatoms. The van der Waals surface area contributed by atoms with Crippen LogP contribution in [-0.2, 0) is 14.3 Å². The third-order valence-corrected chi connectivity index (χ3v) is 5.78. The van der Waals surface area contributed by atoms with Crippen LogP contribution in [0.5, 0.6) is 0 Å². The molecule has 0 aromatic heterocycles. The summed E-state index contributed by atoms with van der Waals surface area (Å²) in [5.41, 5.74) is 0.171. The van der Waals surface area contributed by atoms with Crippen LogP contribution in [0.2, 0.25) is 0 Å². The molecule has 2 unspecified atom stereocenters. The maximum Gasteiger partial charge on any atom is 0.306 e. The molecule has 2 saturated carbocycles. The Balaban J connectivity index is 1.86. The summed E-state index contributed by atoms with van der Waals surface area (Å²) in [5.74, 6) is -1.19. The van der Waals surface area contributed by atoms with E-state index in [1.165, 1.54) is 19.3 Å². The van der Waals surface area contributed by atoms with Gasteiger partial charge in [-0.1, -0.05) is 25.7 Å². The largest absolute Gasteiger partial charge is 0.481 e. The van der Waals surface area contributed by atoms with Gasteiger partial charge in [0.05, 0.1) is 5.92 Å². The Hall–Kier alpha value is -1.10. The second-order valence-electron chi connectivity index (χ2n) is 7.42. The number of hydrogen-bond acceptors (Lipinski definition) is 3. The van der Waals surface area contributed by atoms with Gasteiger partial charge >= 0.3 is 5.97 Å². The molecule has 1 amide bonds. The average Bonchev–Trinajstić information content (AvgIpc) is 2.59. The minimum atomic E-state index is -0.758. The number of amides is 1. The van der Waals surface area contributed by atoms with Crippen LogP contribution in [0.15, 0.2) is 0 Å². The predicted molar refractivity (Wildman–Crippen MR) is 88.1 cm³/mol. The second kappa shape index (κ2) is 8.67. The van der Waals surface area contributed by atoms with Crippen LogP contribution in [-0.4, -0.2) is 37.2 Å². The Kier molecular flexibility index (Phi) is 6.88. The summed E-state index contributed by atoms with van der Waals surface area (Å²) >= 11 is 0. The van der Waals surface area contributed by atoms with Gasteiger partial charge < -0.3 is 15.2 Å². The van der Waals surface area contributed by atoms with Crippen molar-refractivity contribution in [3.63, 3.8) is 0 Å². The third-order valence-electron chi connectivity index (χ3n) is 5.78. The molecule has 0 saturated heterocycles. The zero-order valence-corrected chi connectivity index (χ0v) is 14.3. The van der Waals surface area contributed by atoms with Gasteiger partial charge in [-0.05, 0) is 43.9 Å². The van der Waals surface area contributed by atoms with Gasteiger partial charge in [0.15, 0.2) is 0 Å². The molecule has 0 aliphatic heterocycles. The summed E-state index contributed by atoms with van der Waals surface area (Å²) < 4.78 is 5.26. The fraction of sp³-hybridized carbons (Fsp3) is 0.889. The first kappa shape index (κ1) is 18.2. The monoisotopic (exact) mass is 325 g/mol. The highest BCUT2D eigenvalue weighted by Crippen LogP contribution is 2.39. The van der Waals surface area contributed by atoms with Crippen LogP contribution in [0.3, 0.4) is 0 Å². The van der Waals surface area contributed by atoms with Crippen molar-refractivity contribution >= 4 is 11.9 Å². The van der Waals surface area contributed by atoms with Crippen LogP contribution in [0.4, 0.5) is 0 Å². The number of hydrogen-bond donors (Lipinski definition) is 2. The van der Waals surface area contributed by atoms with Gasteiger partial charge in [-0.3, -0.25) is 9.59 Å². The zero-order chi connectivity index (χ0) is 16.7. The number of rotatable bonds is 7. The van der Waals surface area contributed by atoms with E-state index in [9.17, 15) is 9.59 Å². The van der Waals surface area contributed by atoms with Crippen molar-refractivity contribution in [1.29, 1.82) is 0 Å². The first-order valence-corrected chi connectivity index (χ1v) is 9.06. The minimum absolute atomic E-state index is 0.0540. The highest BCUT2D eigenvalue weighted by Gasteiger charge is 2.35. The lowest BCUT2D eigenvalue weighted by atomic mass is 9.71. The van der Waals surface area contributed by atoms with Crippen LogP contribution in [0, 0.1) is 17.3 Å². The predicted octanol–water partition coefficient (Wildman–Crippen LogP) is 2.98. The average molecular weight is 325 g/mol. The molecular formula is C18H31NO4. The van der Waals surface area contributed by atoms with Gasteiger partial charge in [0.2, 0.25) is 5.91 Å². The maximum atomic E-state index is 12.5. The van der Waals surface area contributed by atoms with Crippen molar-refractivity contribution < 1.29 is 19.4 Å². The molecule has 0 spiro atoms.